The lowest BCUT2D eigenvalue weighted by molar-refractivity contribution is -0.151. The van der Waals surface area contributed by atoms with Crippen LogP contribution in [0.5, 0.6) is 5.75 Å². The van der Waals surface area contributed by atoms with Crippen LogP contribution in [-0.2, 0) is 14.3 Å². The Kier molecular flexibility index (Phi) is 6.09. The van der Waals surface area contributed by atoms with Gasteiger partial charge in [0.1, 0.15) is 5.75 Å². The minimum absolute atomic E-state index is 0.0472. The summed E-state index contributed by atoms with van der Waals surface area (Å²) in [6.07, 6.45) is -0.860. The van der Waals surface area contributed by atoms with Crippen molar-refractivity contribution in [3.05, 3.63) is 60.2 Å². The van der Waals surface area contributed by atoms with Gasteiger partial charge < -0.3 is 14.4 Å². The van der Waals surface area contributed by atoms with Crippen molar-refractivity contribution >= 4 is 23.3 Å². The first-order valence-electron chi connectivity index (χ1n) is 9.33. The largest absolute Gasteiger partial charge is 0.492 e. The molecule has 146 valence electrons. The molecule has 0 unspecified atom stereocenters. The first kappa shape index (κ1) is 19.6. The van der Waals surface area contributed by atoms with Gasteiger partial charge in [-0.25, -0.2) is 0 Å². The number of ketones is 1. The highest BCUT2D eigenvalue weighted by molar-refractivity contribution is 6.02. The van der Waals surface area contributed by atoms with E-state index in [1.165, 1.54) is 0 Å². The number of carbonyl (C=O) groups excluding carboxylic acids is 3. The van der Waals surface area contributed by atoms with Gasteiger partial charge in [-0.1, -0.05) is 42.5 Å². The van der Waals surface area contributed by atoms with Gasteiger partial charge in [-0.3, -0.25) is 14.4 Å². The summed E-state index contributed by atoms with van der Waals surface area (Å²) >= 11 is 0. The van der Waals surface area contributed by atoms with E-state index < -0.39 is 18.0 Å². The Hall–Kier alpha value is -3.15. The fourth-order valence-corrected chi connectivity index (χ4v) is 3.22. The molecule has 1 amide bonds. The lowest BCUT2D eigenvalue weighted by Crippen LogP contribution is -2.30. The molecule has 1 fully saturated rings. The van der Waals surface area contributed by atoms with Crippen LogP contribution in [0.1, 0.15) is 30.6 Å². The van der Waals surface area contributed by atoms with E-state index in [9.17, 15) is 14.4 Å². The van der Waals surface area contributed by atoms with Gasteiger partial charge in [-0.15, -0.1) is 0 Å². The first-order chi connectivity index (χ1) is 13.5. The van der Waals surface area contributed by atoms with E-state index in [-0.39, 0.29) is 24.7 Å². The molecule has 0 bridgehead atoms. The molecule has 2 aromatic rings. The number of nitrogens with zero attached hydrogens (tertiary/aromatic N) is 1. The van der Waals surface area contributed by atoms with Gasteiger partial charge in [-0.2, -0.15) is 0 Å². The normalized spacial score (nSPS) is 17.3. The monoisotopic (exact) mass is 381 g/mol. The van der Waals surface area contributed by atoms with Crippen molar-refractivity contribution < 1.29 is 23.9 Å². The Bertz CT molecular complexity index is 864. The summed E-state index contributed by atoms with van der Waals surface area (Å²) in [5.74, 6) is -0.998. The van der Waals surface area contributed by atoms with Crippen molar-refractivity contribution in [1.29, 1.82) is 0 Å². The molecule has 0 radical (unpaired) electrons. The smallest absolute Gasteiger partial charge is 0.312 e. The van der Waals surface area contributed by atoms with Crippen LogP contribution in [0.3, 0.4) is 0 Å². The van der Waals surface area contributed by atoms with E-state index in [1.807, 2.05) is 25.1 Å². The maximum Gasteiger partial charge on any atom is 0.312 e. The maximum absolute atomic E-state index is 12.5. The molecule has 28 heavy (non-hydrogen) atoms. The second kappa shape index (κ2) is 8.69. The molecule has 2 atom stereocenters. The molecule has 3 rings (SSSR count). The summed E-state index contributed by atoms with van der Waals surface area (Å²) in [6.45, 7) is 4.09. The molecule has 0 saturated carbocycles. The minimum atomic E-state index is -0.908. The molecule has 6 heteroatoms. The van der Waals surface area contributed by atoms with E-state index >= 15 is 0 Å². The Labute approximate surface area is 164 Å². The minimum Gasteiger partial charge on any atom is -0.492 e. The number of Topliss-reactive ketones (excluding diaryl/α,β-unsaturated/α-hetero) is 1. The second-order valence-electron chi connectivity index (χ2n) is 6.62. The van der Waals surface area contributed by atoms with Gasteiger partial charge >= 0.3 is 5.97 Å². The summed E-state index contributed by atoms with van der Waals surface area (Å²) in [5, 5.41) is 0. The number of amides is 1. The fraction of sp³-hybridized carbons (Fsp3) is 0.318. The number of ether oxygens (including phenoxy) is 2. The highest BCUT2D eigenvalue weighted by Gasteiger charge is 2.38. The van der Waals surface area contributed by atoms with Gasteiger partial charge in [0.2, 0.25) is 11.7 Å². The van der Waals surface area contributed by atoms with Gasteiger partial charge in [-0.05, 0) is 26.0 Å². The lowest BCUT2D eigenvalue weighted by atomic mass is 10.1. The number of carbonyl (C=O) groups is 3. The number of rotatable bonds is 7. The zero-order valence-electron chi connectivity index (χ0n) is 16.0. The summed E-state index contributed by atoms with van der Waals surface area (Å²) < 4.78 is 10.9. The molecule has 0 N–H and O–H groups in total. The molecular weight excluding hydrogens is 358 g/mol. The Balaban J connectivity index is 1.66. The van der Waals surface area contributed by atoms with Crippen LogP contribution in [0.15, 0.2) is 54.6 Å². The molecular formula is C22H23NO5. The standard InChI is InChI=1S/C22H23NO5/c1-3-27-19-12-8-7-11-18(19)23-14-17(13-20(23)24)22(26)28-15(2)21(25)16-9-5-4-6-10-16/h4-12,15,17H,3,13-14H2,1-2H3/t15-,17-/m1/s1. The topological polar surface area (TPSA) is 72.9 Å². The third-order valence-corrected chi connectivity index (χ3v) is 4.63. The second-order valence-corrected chi connectivity index (χ2v) is 6.62. The number of hydrogen-bond acceptors (Lipinski definition) is 5. The Morgan fingerprint density at radius 1 is 1.11 bits per heavy atom. The van der Waals surface area contributed by atoms with Crippen molar-refractivity contribution in [2.24, 2.45) is 5.92 Å². The molecule has 1 saturated heterocycles. The van der Waals surface area contributed by atoms with Crippen LogP contribution in [0.25, 0.3) is 0 Å². The van der Waals surface area contributed by atoms with Crippen LogP contribution >= 0.6 is 0 Å². The summed E-state index contributed by atoms with van der Waals surface area (Å²) in [4.78, 5) is 39.0. The molecule has 1 aliphatic rings. The third-order valence-electron chi connectivity index (χ3n) is 4.63. The molecule has 0 aliphatic carbocycles. The predicted molar refractivity (Wildman–Crippen MR) is 104 cm³/mol. The number of hydrogen-bond donors (Lipinski definition) is 0. The SMILES string of the molecule is CCOc1ccccc1N1C[C@H](C(=O)O[C@H](C)C(=O)c2ccccc2)CC1=O. The predicted octanol–water partition coefficient (Wildman–Crippen LogP) is 3.25. The van der Waals surface area contributed by atoms with Gasteiger partial charge in [0, 0.05) is 18.5 Å². The average molecular weight is 381 g/mol. The summed E-state index contributed by atoms with van der Waals surface area (Å²) in [7, 11) is 0. The first-order valence-corrected chi connectivity index (χ1v) is 9.33. The van der Waals surface area contributed by atoms with Gasteiger partial charge in [0.25, 0.3) is 0 Å². The Morgan fingerprint density at radius 3 is 2.50 bits per heavy atom. The molecule has 1 aliphatic heterocycles. The van der Waals surface area contributed by atoms with Crippen molar-refractivity contribution in [3.8, 4) is 5.75 Å². The van der Waals surface area contributed by atoms with Crippen LogP contribution < -0.4 is 9.64 Å². The number of anilines is 1. The number of esters is 1. The molecule has 2 aromatic carbocycles. The van der Waals surface area contributed by atoms with Crippen molar-refractivity contribution in [2.45, 2.75) is 26.4 Å². The van der Waals surface area contributed by atoms with E-state index in [0.29, 0.717) is 23.6 Å². The molecule has 1 heterocycles. The summed E-state index contributed by atoms with van der Waals surface area (Å²) in [5.41, 5.74) is 1.12. The lowest BCUT2D eigenvalue weighted by Gasteiger charge is -2.20. The maximum atomic E-state index is 12.5. The van der Waals surface area contributed by atoms with Crippen LogP contribution in [0, 0.1) is 5.92 Å². The van der Waals surface area contributed by atoms with Gasteiger partial charge in [0.05, 0.1) is 18.2 Å². The number of para-hydroxylation sites is 2. The van der Waals surface area contributed by atoms with E-state index in [1.54, 1.807) is 48.2 Å². The quantitative estimate of drug-likeness (QED) is 0.544. The van der Waals surface area contributed by atoms with Crippen LogP contribution in [0.2, 0.25) is 0 Å². The van der Waals surface area contributed by atoms with Gasteiger partial charge in [0.15, 0.2) is 6.10 Å². The summed E-state index contributed by atoms with van der Waals surface area (Å²) in [6, 6.07) is 15.9. The third kappa shape index (κ3) is 4.22. The highest BCUT2D eigenvalue weighted by atomic mass is 16.5. The highest BCUT2D eigenvalue weighted by Crippen LogP contribution is 2.33. The average Bonchev–Trinajstić information content (AvgIpc) is 3.10. The zero-order chi connectivity index (χ0) is 20.1. The van der Waals surface area contributed by atoms with Crippen LogP contribution in [-0.4, -0.2) is 36.9 Å². The molecule has 0 spiro atoms. The van der Waals surface area contributed by atoms with Crippen molar-refractivity contribution in [3.63, 3.8) is 0 Å². The zero-order valence-corrected chi connectivity index (χ0v) is 16.0. The van der Waals surface area contributed by atoms with Crippen LogP contribution in [0.4, 0.5) is 5.69 Å². The number of benzene rings is 2. The molecule has 0 aromatic heterocycles. The molecule has 6 nitrogen and oxygen atoms in total. The fourth-order valence-electron chi connectivity index (χ4n) is 3.22. The van der Waals surface area contributed by atoms with E-state index in [0.717, 1.165) is 0 Å². The Morgan fingerprint density at radius 2 is 1.79 bits per heavy atom. The van der Waals surface area contributed by atoms with Crippen molar-refractivity contribution in [2.75, 3.05) is 18.1 Å². The van der Waals surface area contributed by atoms with E-state index in [4.69, 9.17) is 9.47 Å². The van der Waals surface area contributed by atoms with E-state index in [2.05, 4.69) is 0 Å². The van der Waals surface area contributed by atoms with Crippen molar-refractivity contribution in [1.82, 2.24) is 0 Å².